The normalized spacial score (nSPS) is 11.3. The fourth-order valence-corrected chi connectivity index (χ4v) is 3.99. The lowest BCUT2D eigenvalue weighted by atomic mass is 9.98. The summed E-state index contributed by atoms with van der Waals surface area (Å²) in [4.78, 5) is 0.112. The number of benzene rings is 3. The van der Waals surface area contributed by atoms with Crippen molar-refractivity contribution < 1.29 is 13.2 Å². The SMILES string of the molecule is COc1ccc(S(=O)(=O)n2cc(-c3ccccc3-c3ccccc3)nn2)cc1. The molecule has 0 saturated heterocycles. The maximum absolute atomic E-state index is 12.9. The third kappa shape index (κ3) is 3.27. The van der Waals surface area contributed by atoms with Crippen LogP contribution in [0.15, 0.2) is 90.0 Å². The Kier molecular flexibility index (Phi) is 4.67. The van der Waals surface area contributed by atoms with Crippen molar-refractivity contribution in [3.8, 4) is 28.1 Å². The van der Waals surface area contributed by atoms with Crippen molar-refractivity contribution in [1.29, 1.82) is 0 Å². The Bertz CT molecular complexity index is 1200. The molecule has 0 bridgehead atoms. The molecule has 3 aromatic carbocycles. The molecule has 28 heavy (non-hydrogen) atoms. The van der Waals surface area contributed by atoms with Gasteiger partial charge in [0.05, 0.1) is 18.2 Å². The minimum atomic E-state index is -3.84. The first-order valence-electron chi connectivity index (χ1n) is 8.56. The van der Waals surface area contributed by atoms with Gasteiger partial charge in [0.15, 0.2) is 0 Å². The molecule has 6 nitrogen and oxygen atoms in total. The van der Waals surface area contributed by atoms with Gasteiger partial charge in [-0.15, -0.1) is 9.19 Å². The smallest absolute Gasteiger partial charge is 0.284 e. The van der Waals surface area contributed by atoms with Gasteiger partial charge in [-0.1, -0.05) is 59.8 Å². The van der Waals surface area contributed by atoms with Crippen LogP contribution in [0.4, 0.5) is 0 Å². The molecule has 0 aliphatic heterocycles. The molecule has 1 heterocycles. The summed E-state index contributed by atoms with van der Waals surface area (Å²) < 4.78 is 31.7. The van der Waals surface area contributed by atoms with E-state index >= 15 is 0 Å². The first-order chi connectivity index (χ1) is 13.6. The summed E-state index contributed by atoms with van der Waals surface area (Å²) in [5.74, 6) is 0.579. The van der Waals surface area contributed by atoms with Crippen molar-refractivity contribution in [2.75, 3.05) is 7.11 Å². The fraction of sp³-hybridized carbons (Fsp3) is 0.0476. The largest absolute Gasteiger partial charge is 0.497 e. The molecule has 0 amide bonds. The van der Waals surface area contributed by atoms with Gasteiger partial charge in [-0.05, 0) is 35.4 Å². The van der Waals surface area contributed by atoms with Crippen molar-refractivity contribution in [3.63, 3.8) is 0 Å². The molecule has 0 unspecified atom stereocenters. The van der Waals surface area contributed by atoms with E-state index in [1.54, 1.807) is 12.1 Å². The first-order valence-corrected chi connectivity index (χ1v) is 10.0. The monoisotopic (exact) mass is 391 g/mol. The van der Waals surface area contributed by atoms with Crippen molar-refractivity contribution >= 4 is 10.0 Å². The lowest BCUT2D eigenvalue weighted by Crippen LogP contribution is -2.13. The summed E-state index contributed by atoms with van der Waals surface area (Å²) in [6, 6.07) is 23.7. The molecule has 0 fully saturated rings. The topological polar surface area (TPSA) is 74.1 Å². The van der Waals surface area contributed by atoms with Gasteiger partial charge < -0.3 is 4.74 Å². The highest BCUT2D eigenvalue weighted by molar-refractivity contribution is 7.89. The number of rotatable bonds is 5. The molecule has 0 saturated carbocycles. The summed E-state index contributed by atoms with van der Waals surface area (Å²) in [5, 5.41) is 7.97. The summed E-state index contributed by atoms with van der Waals surface area (Å²) in [5.41, 5.74) is 3.27. The Morgan fingerprint density at radius 1 is 0.821 bits per heavy atom. The molecule has 0 aliphatic carbocycles. The highest BCUT2D eigenvalue weighted by Gasteiger charge is 2.20. The second kappa shape index (κ2) is 7.28. The van der Waals surface area contributed by atoms with Crippen LogP contribution in [0.2, 0.25) is 0 Å². The molecule has 0 N–H and O–H groups in total. The van der Waals surface area contributed by atoms with E-state index in [-0.39, 0.29) is 4.90 Å². The number of hydrogen-bond donors (Lipinski definition) is 0. The number of ether oxygens (including phenoxy) is 1. The van der Waals surface area contributed by atoms with Crippen LogP contribution in [0.3, 0.4) is 0 Å². The zero-order valence-corrected chi connectivity index (χ0v) is 15.9. The molecule has 0 spiro atoms. The van der Waals surface area contributed by atoms with Gasteiger partial charge in [0.25, 0.3) is 10.0 Å². The zero-order chi connectivity index (χ0) is 19.6. The van der Waals surface area contributed by atoms with Gasteiger partial charge >= 0.3 is 0 Å². The van der Waals surface area contributed by atoms with Crippen LogP contribution >= 0.6 is 0 Å². The van der Waals surface area contributed by atoms with E-state index in [0.29, 0.717) is 11.4 Å². The van der Waals surface area contributed by atoms with E-state index < -0.39 is 10.0 Å². The van der Waals surface area contributed by atoms with Gasteiger partial charge in [-0.2, -0.15) is 8.42 Å². The zero-order valence-electron chi connectivity index (χ0n) is 15.1. The van der Waals surface area contributed by atoms with E-state index in [9.17, 15) is 8.42 Å². The predicted molar refractivity (Wildman–Crippen MR) is 106 cm³/mol. The average molecular weight is 391 g/mol. The Morgan fingerprint density at radius 3 is 2.14 bits per heavy atom. The van der Waals surface area contributed by atoms with Gasteiger partial charge in [0.2, 0.25) is 0 Å². The van der Waals surface area contributed by atoms with Crippen LogP contribution in [0.25, 0.3) is 22.4 Å². The molecule has 0 aliphatic rings. The van der Waals surface area contributed by atoms with E-state index in [1.165, 1.54) is 25.4 Å². The molecule has 140 valence electrons. The lowest BCUT2D eigenvalue weighted by Gasteiger charge is -2.07. The molecule has 4 aromatic rings. The third-order valence-electron chi connectivity index (χ3n) is 4.36. The summed E-state index contributed by atoms with van der Waals surface area (Å²) >= 11 is 0. The van der Waals surface area contributed by atoms with Crippen LogP contribution in [0, 0.1) is 0 Å². The van der Waals surface area contributed by atoms with Gasteiger partial charge in [0, 0.05) is 5.56 Å². The summed E-state index contributed by atoms with van der Waals surface area (Å²) in [7, 11) is -2.32. The third-order valence-corrected chi connectivity index (χ3v) is 5.90. The van der Waals surface area contributed by atoms with Gasteiger partial charge in [-0.3, -0.25) is 0 Å². The van der Waals surface area contributed by atoms with Crippen LogP contribution in [0.1, 0.15) is 0 Å². The van der Waals surface area contributed by atoms with E-state index in [1.807, 2.05) is 54.6 Å². The van der Waals surface area contributed by atoms with E-state index in [4.69, 9.17) is 4.74 Å². The second-order valence-corrected chi connectivity index (χ2v) is 7.86. The quantitative estimate of drug-likeness (QED) is 0.516. The van der Waals surface area contributed by atoms with Crippen molar-refractivity contribution in [3.05, 3.63) is 85.1 Å². The number of nitrogens with zero attached hydrogens (tertiary/aromatic N) is 3. The molecule has 0 radical (unpaired) electrons. The molecule has 7 heteroatoms. The molecule has 1 aromatic heterocycles. The number of aromatic nitrogens is 3. The van der Waals surface area contributed by atoms with E-state index in [2.05, 4.69) is 10.3 Å². The fourth-order valence-electron chi connectivity index (χ4n) is 2.92. The Balaban J connectivity index is 1.74. The lowest BCUT2D eigenvalue weighted by molar-refractivity contribution is 0.414. The average Bonchev–Trinajstić information content (AvgIpc) is 3.25. The Labute approximate surface area is 163 Å². The molecular formula is C21H17N3O3S. The minimum absolute atomic E-state index is 0.112. The van der Waals surface area contributed by atoms with Crippen LogP contribution in [-0.4, -0.2) is 29.9 Å². The van der Waals surface area contributed by atoms with Crippen LogP contribution in [0.5, 0.6) is 5.75 Å². The standard InChI is InChI=1S/C21H17N3O3S/c1-27-17-11-13-18(14-12-17)28(25,26)24-15-21(22-23-24)20-10-6-5-9-19(20)16-7-3-2-4-8-16/h2-15H,1H3. The second-order valence-electron chi connectivity index (χ2n) is 6.07. The van der Waals surface area contributed by atoms with Crippen LogP contribution in [-0.2, 0) is 10.0 Å². The first kappa shape index (κ1) is 17.9. The molecule has 4 rings (SSSR count). The number of hydrogen-bond acceptors (Lipinski definition) is 5. The molecule has 0 atom stereocenters. The Morgan fingerprint density at radius 2 is 1.46 bits per heavy atom. The highest BCUT2D eigenvalue weighted by atomic mass is 32.2. The predicted octanol–water partition coefficient (Wildman–Crippen LogP) is 3.86. The Hall–Kier alpha value is -3.45. The van der Waals surface area contributed by atoms with Gasteiger partial charge in [0.1, 0.15) is 11.4 Å². The van der Waals surface area contributed by atoms with Crippen molar-refractivity contribution in [2.45, 2.75) is 4.90 Å². The maximum atomic E-state index is 12.9. The maximum Gasteiger partial charge on any atom is 0.284 e. The van der Waals surface area contributed by atoms with Crippen molar-refractivity contribution in [1.82, 2.24) is 14.4 Å². The molecular weight excluding hydrogens is 374 g/mol. The van der Waals surface area contributed by atoms with Gasteiger partial charge in [-0.25, -0.2) is 0 Å². The summed E-state index contributed by atoms with van der Waals surface area (Å²) in [6.45, 7) is 0. The van der Waals surface area contributed by atoms with E-state index in [0.717, 1.165) is 20.8 Å². The van der Waals surface area contributed by atoms with Crippen molar-refractivity contribution in [2.24, 2.45) is 0 Å². The summed E-state index contributed by atoms with van der Waals surface area (Å²) in [6.07, 6.45) is 1.43. The highest BCUT2D eigenvalue weighted by Crippen LogP contribution is 2.31. The van der Waals surface area contributed by atoms with Crippen LogP contribution < -0.4 is 4.74 Å². The minimum Gasteiger partial charge on any atom is -0.497 e. The number of methoxy groups -OCH3 is 1.